The van der Waals surface area contributed by atoms with Crippen LogP contribution in [0, 0.1) is 6.92 Å². The van der Waals surface area contributed by atoms with Gasteiger partial charge in [0.25, 0.3) is 5.56 Å². The van der Waals surface area contributed by atoms with E-state index >= 15 is 0 Å². The maximum absolute atomic E-state index is 12.6. The highest BCUT2D eigenvalue weighted by Gasteiger charge is 2.33. The third-order valence-electron chi connectivity index (χ3n) is 4.11. The number of amides is 1. The number of hydrogen-bond donors (Lipinski definition) is 0. The number of aryl methyl sites for hydroxylation is 1. The lowest BCUT2D eigenvalue weighted by Crippen LogP contribution is -2.37. The van der Waals surface area contributed by atoms with Crippen molar-refractivity contribution in [1.82, 2.24) is 24.8 Å². The molecule has 0 radical (unpaired) electrons. The summed E-state index contributed by atoms with van der Waals surface area (Å²) in [6.45, 7) is 6.28. The smallest absolute Gasteiger partial charge is 0.267 e. The zero-order valence-corrected chi connectivity index (χ0v) is 14.1. The maximum atomic E-state index is 12.6. The number of nitrogens with zero attached hydrogens (tertiary/aromatic N) is 5. The molecular weight excluding hydrogens is 310 g/mol. The average molecular weight is 331 g/mol. The molecule has 0 unspecified atom stereocenters. The molecule has 1 saturated heterocycles. The van der Waals surface area contributed by atoms with Gasteiger partial charge in [-0.05, 0) is 25.8 Å². The van der Waals surface area contributed by atoms with Crippen molar-refractivity contribution in [1.29, 1.82) is 0 Å². The summed E-state index contributed by atoms with van der Waals surface area (Å²) in [4.78, 5) is 30.6. The quantitative estimate of drug-likeness (QED) is 0.841. The maximum Gasteiger partial charge on any atom is 0.267 e. The molecule has 0 N–H and O–H groups in total. The average Bonchev–Trinajstić information content (AvgIpc) is 3.18. The number of hydrogen-bond acceptors (Lipinski definition) is 6. The second-order valence-electron chi connectivity index (χ2n) is 6.36. The molecule has 3 rings (SSSR count). The van der Waals surface area contributed by atoms with E-state index < -0.39 is 0 Å². The molecule has 1 amide bonds. The zero-order valence-electron chi connectivity index (χ0n) is 14.1. The summed E-state index contributed by atoms with van der Waals surface area (Å²) in [5.74, 6) is 1.09. The summed E-state index contributed by atoms with van der Waals surface area (Å²) in [5, 5.41) is 8.14. The van der Waals surface area contributed by atoms with Crippen molar-refractivity contribution in [3.8, 4) is 0 Å². The van der Waals surface area contributed by atoms with Gasteiger partial charge in [-0.25, -0.2) is 4.68 Å². The SMILES string of the molecule is Cc1ccc(=O)n(CC(=O)N2CCC[C@H]2c2noc(C(C)C)n2)n1. The van der Waals surface area contributed by atoms with E-state index in [0.29, 0.717) is 24.0 Å². The largest absolute Gasteiger partial charge is 0.339 e. The lowest BCUT2D eigenvalue weighted by atomic mass is 10.2. The minimum Gasteiger partial charge on any atom is -0.339 e. The molecule has 0 bridgehead atoms. The van der Waals surface area contributed by atoms with Crippen molar-refractivity contribution < 1.29 is 9.32 Å². The Hall–Kier alpha value is -2.51. The molecule has 1 atom stereocenters. The van der Waals surface area contributed by atoms with Crippen LogP contribution in [0.15, 0.2) is 21.5 Å². The van der Waals surface area contributed by atoms with E-state index in [1.54, 1.807) is 17.9 Å². The predicted molar refractivity (Wildman–Crippen MR) is 85.3 cm³/mol. The Labute approximate surface area is 139 Å². The molecule has 128 valence electrons. The molecule has 1 fully saturated rings. The van der Waals surface area contributed by atoms with Crippen LogP contribution >= 0.6 is 0 Å². The van der Waals surface area contributed by atoms with E-state index in [1.165, 1.54) is 10.7 Å². The Morgan fingerprint density at radius 1 is 1.42 bits per heavy atom. The van der Waals surface area contributed by atoms with Gasteiger partial charge in [-0.3, -0.25) is 9.59 Å². The van der Waals surface area contributed by atoms with Gasteiger partial charge in [-0.2, -0.15) is 10.1 Å². The Morgan fingerprint density at radius 2 is 2.21 bits per heavy atom. The summed E-state index contributed by atoms with van der Waals surface area (Å²) in [6.07, 6.45) is 1.66. The van der Waals surface area contributed by atoms with E-state index in [-0.39, 0.29) is 30.0 Å². The molecule has 0 saturated carbocycles. The number of rotatable bonds is 4. The number of aromatic nitrogens is 4. The fourth-order valence-electron chi connectivity index (χ4n) is 2.83. The monoisotopic (exact) mass is 331 g/mol. The van der Waals surface area contributed by atoms with Gasteiger partial charge in [0.05, 0.1) is 11.7 Å². The molecule has 1 aliphatic heterocycles. The van der Waals surface area contributed by atoms with Gasteiger partial charge >= 0.3 is 0 Å². The molecule has 0 aliphatic carbocycles. The molecule has 2 aromatic heterocycles. The molecule has 8 nitrogen and oxygen atoms in total. The minimum absolute atomic E-state index is 0.0775. The first-order chi connectivity index (χ1) is 11.5. The van der Waals surface area contributed by atoms with Crippen molar-refractivity contribution >= 4 is 5.91 Å². The molecule has 1 aliphatic rings. The van der Waals surface area contributed by atoms with Gasteiger partial charge in [0.2, 0.25) is 11.8 Å². The van der Waals surface area contributed by atoms with Crippen LogP contribution in [0.25, 0.3) is 0 Å². The van der Waals surface area contributed by atoms with Crippen LogP contribution in [0.3, 0.4) is 0 Å². The first kappa shape index (κ1) is 16.4. The summed E-state index contributed by atoms with van der Waals surface area (Å²) in [5.41, 5.74) is 0.409. The van der Waals surface area contributed by atoms with Gasteiger partial charge in [0, 0.05) is 18.5 Å². The van der Waals surface area contributed by atoms with Gasteiger partial charge < -0.3 is 9.42 Å². The second-order valence-corrected chi connectivity index (χ2v) is 6.36. The van der Waals surface area contributed by atoms with Crippen molar-refractivity contribution in [2.75, 3.05) is 6.54 Å². The normalized spacial score (nSPS) is 17.7. The summed E-state index contributed by atoms with van der Waals surface area (Å²) in [6, 6.07) is 2.86. The first-order valence-corrected chi connectivity index (χ1v) is 8.13. The van der Waals surface area contributed by atoms with Crippen LogP contribution in [-0.2, 0) is 11.3 Å². The van der Waals surface area contributed by atoms with Crippen LogP contribution < -0.4 is 5.56 Å². The summed E-state index contributed by atoms with van der Waals surface area (Å²) in [7, 11) is 0. The fraction of sp³-hybridized carbons (Fsp3) is 0.562. The topological polar surface area (TPSA) is 94.1 Å². The molecular formula is C16H21N5O3. The molecule has 8 heteroatoms. The highest BCUT2D eigenvalue weighted by atomic mass is 16.5. The van der Waals surface area contributed by atoms with Crippen LogP contribution in [0.1, 0.15) is 56.1 Å². The van der Waals surface area contributed by atoms with Crippen molar-refractivity contribution in [3.05, 3.63) is 39.9 Å². The van der Waals surface area contributed by atoms with Gasteiger partial charge in [-0.1, -0.05) is 19.0 Å². The van der Waals surface area contributed by atoms with E-state index in [0.717, 1.165) is 12.8 Å². The van der Waals surface area contributed by atoms with Crippen LogP contribution in [0.4, 0.5) is 0 Å². The van der Waals surface area contributed by atoms with Gasteiger partial charge in [-0.15, -0.1) is 0 Å². The third kappa shape index (κ3) is 3.22. The van der Waals surface area contributed by atoms with Crippen LogP contribution in [0.5, 0.6) is 0 Å². The number of carbonyl (C=O) groups is 1. The standard InChI is InChI=1S/C16H21N5O3/c1-10(2)16-17-15(19-24-16)12-5-4-8-20(12)14(23)9-21-13(22)7-6-11(3)18-21/h6-7,10,12H,4-5,8-9H2,1-3H3/t12-/m0/s1. The number of carbonyl (C=O) groups excluding carboxylic acids is 1. The second kappa shape index (κ2) is 6.54. The van der Waals surface area contributed by atoms with E-state index in [2.05, 4.69) is 15.2 Å². The Balaban J connectivity index is 1.78. The Bertz CT molecular complexity index is 795. The van der Waals surface area contributed by atoms with Crippen LogP contribution in [0.2, 0.25) is 0 Å². The Kier molecular flexibility index (Phi) is 4.46. The van der Waals surface area contributed by atoms with Crippen molar-refractivity contribution in [2.24, 2.45) is 0 Å². The minimum atomic E-state index is -0.286. The predicted octanol–water partition coefficient (Wildman–Crippen LogP) is 1.42. The zero-order chi connectivity index (χ0) is 17.3. The summed E-state index contributed by atoms with van der Waals surface area (Å²) >= 11 is 0. The van der Waals surface area contributed by atoms with Gasteiger partial charge in [0.1, 0.15) is 6.54 Å². The van der Waals surface area contributed by atoms with E-state index in [4.69, 9.17) is 4.52 Å². The lowest BCUT2D eigenvalue weighted by molar-refractivity contribution is -0.133. The lowest BCUT2D eigenvalue weighted by Gasteiger charge is -2.22. The molecule has 0 aromatic carbocycles. The van der Waals surface area contributed by atoms with Gasteiger partial charge in [0.15, 0.2) is 5.82 Å². The number of likely N-dealkylation sites (tertiary alicyclic amines) is 1. The molecule has 2 aromatic rings. The highest BCUT2D eigenvalue weighted by molar-refractivity contribution is 5.76. The molecule has 24 heavy (non-hydrogen) atoms. The van der Waals surface area contributed by atoms with Crippen molar-refractivity contribution in [2.45, 2.75) is 52.1 Å². The third-order valence-corrected chi connectivity index (χ3v) is 4.11. The van der Waals surface area contributed by atoms with Crippen molar-refractivity contribution in [3.63, 3.8) is 0 Å². The molecule has 0 spiro atoms. The first-order valence-electron chi connectivity index (χ1n) is 8.13. The highest BCUT2D eigenvalue weighted by Crippen LogP contribution is 2.31. The fourth-order valence-corrected chi connectivity index (χ4v) is 2.83. The summed E-state index contributed by atoms with van der Waals surface area (Å²) < 4.78 is 6.45. The van der Waals surface area contributed by atoms with E-state index in [9.17, 15) is 9.59 Å². The Morgan fingerprint density at radius 3 is 2.92 bits per heavy atom. The van der Waals surface area contributed by atoms with E-state index in [1.807, 2.05) is 13.8 Å². The van der Waals surface area contributed by atoms with Crippen LogP contribution in [-0.4, -0.2) is 37.3 Å². The molecule has 3 heterocycles.